The molecule has 0 spiro atoms. The highest BCUT2D eigenvalue weighted by Gasteiger charge is 2.43. The Morgan fingerprint density at radius 1 is 0.946 bits per heavy atom. The van der Waals surface area contributed by atoms with E-state index in [2.05, 4.69) is 43.9 Å². The molecule has 7 nitrogen and oxygen atoms in total. The number of rotatable bonds is 6. The molecule has 5 rings (SSSR count). The average Bonchev–Trinajstić information content (AvgIpc) is 3.34. The van der Waals surface area contributed by atoms with Crippen molar-refractivity contribution in [2.24, 2.45) is 0 Å². The van der Waals surface area contributed by atoms with Gasteiger partial charge in [-0.2, -0.15) is 4.31 Å². The third-order valence-corrected chi connectivity index (χ3v) is 9.47. The number of hydrogen-bond acceptors (Lipinski definition) is 5. The minimum Gasteiger partial charge on any atom is -0.368 e. The predicted molar refractivity (Wildman–Crippen MR) is 148 cm³/mol. The Labute approximate surface area is 220 Å². The molecule has 0 aromatic heterocycles. The Balaban J connectivity index is 1.33. The number of sulfonamides is 1. The molecule has 1 atom stereocenters. The van der Waals surface area contributed by atoms with Crippen molar-refractivity contribution in [3.8, 4) is 0 Å². The molecule has 2 saturated heterocycles. The van der Waals surface area contributed by atoms with E-state index in [0.717, 1.165) is 24.9 Å². The molecular formula is C29H36N4O3S. The van der Waals surface area contributed by atoms with Gasteiger partial charge < -0.3 is 9.80 Å². The average molecular weight is 521 g/mol. The number of carbonyl (C=O) groups is 1. The highest BCUT2D eigenvalue weighted by atomic mass is 32.2. The summed E-state index contributed by atoms with van der Waals surface area (Å²) in [7, 11) is -3.75. The van der Waals surface area contributed by atoms with Gasteiger partial charge in [0, 0.05) is 43.8 Å². The number of carbonyl (C=O) groups excluding carboxylic acids is 1. The molecule has 8 heteroatoms. The van der Waals surface area contributed by atoms with Crippen LogP contribution in [0.25, 0.3) is 10.8 Å². The number of hydrogen-bond donors (Lipinski definition) is 0. The summed E-state index contributed by atoms with van der Waals surface area (Å²) >= 11 is 0. The summed E-state index contributed by atoms with van der Waals surface area (Å²) in [6, 6.07) is 18.9. The molecular weight excluding hydrogens is 484 g/mol. The molecule has 0 bridgehead atoms. The summed E-state index contributed by atoms with van der Waals surface area (Å²) in [5, 5.41) is 1.60. The van der Waals surface area contributed by atoms with E-state index in [9.17, 15) is 13.2 Å². The second-order valence-corrected chi connectivity index (χ2v) is 12.1. The molecule has 1 amide bonds. The normalized spacial score (nSPS) is 19.6. The smallest absolute Gasteiger partial charge is 0.244 e. The molecule has 0 N–H and O–H groups in total. The fourth-order valence-electron chi connectivity index (χ4n) is 5.59. The fourth-order valence-corrected chi connectivity index (χ4v) is 7.22. The summed E-state index contributed by atoms with van der Waals surface area (Å²) in [5.41, 5.74) is 3.70. The minimum atomic E-state index is -3.75. The number of aryl methyl sites for hydroxylation is 2. The van der Waals surface area contributed by atoms with E-state index in [1.807, 2.05) is 40.1 Å². The standard InChI is InChI=1S/C29H36N4O3S/c1-4-14-32-21-33(37(35,36)28-11-7-9-24-8-5-6-10-25(24)28)20-27(32)29(34)31-17-15-30(16-18-31)26-19-22(2)12-13-23(26)3/h5-13,19,27H,4,14-18,20-21H2,1-3H3/t27-/m0/s1. The zero-order chi connectivity index (χ0) is 26.2. The molecule has 2 aliphatic heterocycles. The zero-order valence-electron chi connectivity index (χ0n) is 21.9. The fraction of sp³-hybridized carbons (Fsp3) is 0.414. The monoisotopic (exact) mass is 520 g/mol. The maximum Gasteiger partial charge on any atom is 0.244 e. The summed E-state index contributed by atoms with van der Waals surface area (Å²) in [5.74, 6) is 0.0321. The van der Waals surface area contributed by atoms with Crippen LogP contribution in [0.1, 0.15) is 24.5 Å². The Morgan fingerprint density at radius 2 is 1.68 bits per heavy atom. The number of benzene rings is 3. The SMILES string of the molecule is CCCN1CN(S(=O)(=O)c2cccc3ccccc23)C[C@H]1C(=O)N1CCN(c2cc(C)ccc2C)CC1. The van der Waals surface area contributed by atoms with Crippen molar-refractivity contribution in [2.75, 3.05) is 50.8 Å². The van der Waals surface area contributed by atoms with Gasteiger partial charge in [0.25, 0.3) is 0 Å². The molecule has 0 aliphatic carbocycles. The lowest BCUT2D eigenvalue weighted by molar-refractivity contribution is -0.135. The Kier molecular flexibility index (Phi) is 7.25. The number of piperazine rings is 1. The van der Waals surface area contributed by atoms with Crippen LogP contribution in [0, 0.1) is 13.8 Å². The molecule has 2 fully saturated rings. The first-order valence-electron chi connectivity index (χ1n) is 13.1. The van der Waals surface area contributed by atoms with Crippen LogP contribution in [0.4, 0.5) is 5.69 Å². The van der Waals surface area contributed by atoms with Gasteiger partial charge in [-0.3, -0.25) is 9.69 Å². The zero-order valence-corrected chi connectivity index (χ0v) is 22.7. The molecule has 3 aromatic carbocycles. The molecule has 2 heterocycles. The lowest BCUT2D eigenvalue weighted by Crippen LogP contribution is -2.54. The molecule has 3 aromatic rings. The third-order valence-electron chi connectivity index (χ3n) is 7.62. The highest BCUT2D eigenvalue weighted by molar-refractivity contribution is 7.89. The Morgan fingerprint density at radius 3 is 2.43 bits per heavy atom. The van der Waals surface area contributed by atoms with Crippen molar-refractivity contribution in [1.82, 2.24) is 14.1 Å². The highest BCUT2D eigenvalue weighted by Crippen LogP contribution is 2.30. The minimum absolute atomic E-state index is 0.0321. The molecule has 0 saturated carbocycles. The van der Waals surface area contributed by atoms with Crippen molar-refractivity contribution < 1.29 is 13.2 Å². The number of amides is 1. The summed E-state index contributed by atoms with van der Waals surface area (Å²) in [6.07, 6.45) is 0.854. The van der Waals surface area contributed by atoms with E-state index in [-0.39, 0.29) is 19.1 Å². The first-order valence-corrected chi connectivity index (χ1v) is 14.6. The van der Waals surface area contributed by atoms with Crippen LogP contribution in [-0.4, -0.2) is 80.4 Å². The van der Waals surface area contributed by atoms with Gasteiger partial charge in [-0.15, -0.1) is 0 Å². The van der Waals surface area contributed by atoms with Gasteiger partial charge in [-0.25, -0.2) is 8.42 Å². The van der Waals surface area contributed by atoms with Gasteiger partial charge >= 0.3 is 0 Å². The van der Waals surface area contributed by atoms with E-state index >= 15 is 0 Å². The lowest BCUT2D eigenvalue weighted by atomic mass is 10.1. The van der Waals surface area contributed by atoms with Gasteiger partial charge in [-0.05, 0) is 55.5 Å². The Hall–Kier alpha value is -2.94. The van der Waals surface area contributed by atoms with E-state index in [0.29, 0.717) is 29.9 Å². The molecule has 196 valence electrons. The van der Waals surface area contributed by atoms with Gasteiger partial charge in [0.2, 0.25) is 15.9 Å². The summed E-state index contributed by atoms with van der Waals surface area (Å²) in [4.78, 5) is 20.3. The van der Waals surface area contributed by atoms with Crippen molar-refractivity contribution in [3.05, 3.63) is 71.8 Å². The van der Waals surface area contributed by atoms with Crippen LogP contribution >= 0.6 is 0 Å². The van der Waals surface area contributed by atoms with Crippen molar-refractivity contribution in [3.63, 3.8) is 0 Å². The predicted octanol–water partition coefficient (Wildman–Crippen LogP) is 3.85. The second-order valence-electron chi connectivity index (χ2n) is 10.2. The maximum absolute atomic E-state index is 13.8. The Bertz CT molecular complexity index is 1390. The van der Waals surface area contributed by atoms with Gasteiger partial charge in [0.1, 0.15) is 6.04 Å². The second kappa shape index (κ2) is 10.4. The van der Waals surface area contributed by atoms with E-state index in [1.54, 1.807) is 12.1 Å². The molecule has 0 unspecified atom stereocenters. The third kappa shape index (κ3) is 4.98. The van der Waals surface area contributed by atoms with Crippen LogP contribution in [0.5, 0.6) is 0 Å². The van der Waals surface area contributed by atoms with E-state index in [1.165, 1.54) is 21.1 Å². The van der Waals surface area contributed by atoms with E-state index < -0.39 is 16.1 Å². The summed E-state index contributed by atoms with van der Waals surface area (Å²) in [6.45, 7) is 10.2. The van der Waals surface area contributed by atoms with Crippen molar-refractivity contribution >= 4 is 32.4 Å². The van der Waals surface area contributed by atoms with Crippen LogP contribution in [0.2, 0.25) is 0 Å². The van der Waals surface area contributed by atoms with Crippen LogP contribution in [0.3, 0.4) is 0 Å². The first-order chi connectivity index (χ1) is 17.8. The van der Waals surface area contributed by atoms with Crippen molar-refractivity contribution in [1.29, 1.82) is 0 Å². The van der Waals surface area contributed by atoms with E-state index in [4.69, 9.17) is 0 Å². The quantitative estimate of drug-likeness (QED) is 0.494. The topological polar surface area (TPSA) is 64.2 Å². The van der Waals surface area contributed by atoms with Crippen molar-refractivity contribution in [2.45, 2.75) is 38.1 Å². The van der Waals surface area contributed by atoms with Gasteiger partial charge in [0.05, 0.1) is 11.6 Å². The van der Waals surface area contributed by atoms with Crippen LogP contribution < -0.4 is 4.90 Å². The largest absolute Gasteiger partial charge is 0.368 e. The lowest BCUT2D eigenvalue weighted by Gasteiger charge is -2.38. The molecule has 2 aliphatic rings. The van der Waals surface area contributed by atoms with Gasteiger partial charge in [-0.1, -0.05) is 55.5 Å². The number of nitrogens with zero attached hydrogens (tertiary/aromatic N) is 4. The molecule has 37 heavy (non-hydrogen) atoms. The number of fused-ring (bicyclic) bond motifs is 1. The van der Waals surface area contributed by atoms with Crippen LogP contribution in [0.15, 0.2) is 65.6 Å². The summed E-state index contributed by atoms with van der Waals surface area (Å²) < 4.78 is 29.0. The molecule has 0 radical (unpaired) electrons. The van der Waals surface area contributed by atoms with Crippen LogP contribution in [-0.2, 0) is 14.8 Å². The van der Waals surface area contributed by atoms with Gasteiger partial charge in [0.15, 0.2) is 0 Å². The first kappa shape index (κ1) is 25.7. The maximum atomic E-state index is 13.8. The number of anilines is 1.